The van der Waals surface area contributed by atoms with Crippen LogP contribution in [-0.2, 0) is 5.75 Å². The number of hydrogen-bond donors (Lipinski definition) is 1. The maximum Gasteiger partial charge on any atom is 0.258 e. The van der Waals surface area contributed by atoms with Crippen LogP contribution in [0.4, 0.5) is 5.13 Å². The number of fused-ring (bicyclic) bond motifs is 1. The number of rotatable bonds is 5. The fraction of sp³-hybridized carbons (Fsp3) is 0.105. The van der Waals surface area contributed by atoms with Gasteiger partial charge in [0, 0.05) is 11.0 Å². The predicted molar refractivity (Wildman–Crippen MR) is 105 cm³/mol. The third-order valence-electron chi connectivity index (χ3n) is 3.69. The van der Waals surface area contributed by atoms with Gasteiger partial charge in [-0.2, -0.15) is 0 Å². The van der Waals surface area contributed by atoms with E-state index in [1.54, 1.807) is 11.8 Å². The van der Waals surface area contributed by atoms with Gasteiger partial charge < -0.3 is 4.52 Å². The minimum atomic E-state index is -0.166. The van der Waals surface area contributed by atoms with Crippen molar-refractivity contribution in [2.24, 2.45) is 0 Å². The van der Waals surface area contributed by atoms with Crippen LogP contribution >= 0.6 is 23.1 Å². The van der Waals surface area contributed by atoms with Crippen molar-refractivity contribution in [1.82, 2.24) is 10.1 Å². The first-order valence-electron chi connectivity index (χ1n) is 8.00. The van der Waals surface area contributed by atoms with Crippen molar-refractivity contribution >= 4 is 44.4 Å². The summed E-state index contributed by atoms with van der Waals surface area (Å²) in [5.74, 6) is 1.24. The van der Waals surface area contributed by atoms with Gasteiger partial charge in [-0.1, -0.05) is 40.8 Å². The lowest BCUT2D eigenvalue weighted by molar-refractivity contribution is 0.102. The van der Waals surface area contributed by atoms with Gasteiger partial charge >= 0.3 is 0 Å². The molecule has 2 aromatic heterocycles. The Labute approximate surface area is 158 Å². The number of thiazole rings is 1. The largest absolute Gasteiger partial charge is 0.360 e. The van der Waals surface area contributed by atoms with E-state index in [0.717, 1.165) is 26.6 Å². The average molecular weight is 381 g/mol. The lowest BCUT2D eigenvalue weighted by Crippen LogP contribution is -2.12. The molecule has 4 aromatic rings. The van der Waals surface area contributed by atoms with Crippen molar-refractivity contribution in [2.45, 2.75) is 17.6 Å². The molecule has 0 atom stereocenters. The Kier molecular flexibility index (Phi) is 4.73. The van der Waals surface area contributed by atoms with E-state index in [1.165, 1.54) is 11.3 Å². The average Bonchev–Trinajstić information content (AvgIpc) is 3.25. The third-order valence-corrected chi connectivity index (χ3v) is 5.74. The zero-order valence-electron chi connectivity index (χ0n) is 13.9. The van der Waals surface area contributed by atoms with E-state index in [9.17, 15) is 4.79 Å². The summed E-state index contributed by atoms with van der Waals surface area (Å²) in [6.07, 6.45) is 0. The van der Waals surface area contributed by atoms with Crippen molar-refractivity contribution in [3.8, 4) is 0 Å². The molecule has 0 aliphatic carbocycles. The molecule has 0 radical (unpaired) electrons. The molecule has 130 valence electrons. The van der Waals surface area contributed by atoms with Crippen LogP contribution < -0.4 is 5.32 Å². The quantitative estimate of drug-likeness (QED) is 0.485. The standard InChI is InChI=1S/C19H15N3O2S2/c1-12-10-13(24-22-12)11-25-16-8-4-2-6-14(16)18(23)21-19-20-15-7-3-5-9-17(15)26-19/h2-10H,11H2,1H3,(H,20,21,23). The van der Waals surface area contributed by atoms with Gasteiger partial charge in [-0.05, 0) is 31.2 Å². The Balaban J connectivity index is 1.52. The number of aryl methyl sites for hydroxylation is 1. The normalized spacial score (nSPS) is 11.0. The third kappa shape index (κ3) is 3.63. The molecule has 4 rings (SSSR count). The zero-order chi connectivity index (χ0) is 17.9. The van der Waals surface area contributed by atoms with Gasteiger partial charge in [0.1, 0.15) is 5.76 Å². The number of aromatic nitrogens is 2. The van der Waals surface area contributed by atoms with Gasteiger partial charge in [-0.25, -0.2) is 4.98 Å². The molecule has 0 saturated heterocycles. The highest BCUT2D eigenvalue weighted by atomic mass is 32.2. The highest BCUT2D eigenvalue weighted by Crippen LogP contribution is 2.29. The lowest BCUT2D eigenvalue weighted by Gasteiger charge is -2.07. The second-order valence-electron chi connectivity index (χ2n) is 5.66. The summed E-state index contributed by atoms with van der Waals surface area (Å²) >= 11 is 3.01. The molecule has 0 unspecified atom stereocenters. The van der Waals surface area contributed by atoms with E-state index < -0.39 is 0 Å². The van der Waals surface area contributed by atoms with E-state index in [1.807, 2.05) is 61.5 Å². The number of para-hydroxylation sites is 1. The smallest absolute Gasteiger partial charge is 0.258 e. The molecule has 1 amide bonds. The summed E-state index contributed by atoms with van der Waals surface area (Å²) in [6, 6.07) is 17.2. The summed E-state index contributed by atoms with van der Waals surface area (Å²) in [5, 5.41) is 7.40. The predicted octanol–water partition coefficient (Wildman–Crippen LogP) is 5.14. The molecule has 2 heterocycles. The fourth-order valence-corrected chi connectivity index (χ4v) is 4.29. The number of amides is 1. The molecule has 5 nitrogen and oxygen atoms in total. The Morgan fingerprint density at radius 3 is 2.81 bits per heavy atom. The first-order chi connectivity index (χ1) is 12.7. The highest BCUT2D eigenvalue weighted by molar-refractivity contribution is 7.98. The number of carbonyl (C=O) groups excluding carboxylic acids is 1. The maximum atomic E-state index is 12.7. The molecule has 0 bridgehead atoms. The van der Waals surface area contributed by atoms with Crippen molar-refractivity contribution < 1.29 is 9.32 Å². The molecule has 0 aliphatic heterocycles. The number of carbonyl (C=O) groups is 1. The fourth-order valence-electron chi connectivity index (χ4n) is 2.50. The van der Waals surface area contributed by atoms with E-state index in [0.29, 0.717) is 16.4 Å². The number of thioether (sulfide) groups is 1. The molecule has 0 saturated carbocycles. The van der Waals surface area contributed by atoms with Gasteiger partial charge in [-0.15, -0.1) is 11.8 Å². The molecule has 0 fully saturated rings. The second kappa shape index (κ2) is 7.31. The molecule has 2 aromatic carbocycles. The highest BCUT2D eigenvalue weighted by Gasteiger charge is 2.14. The second-order valence-corrected chi connectivity index (χ2v) is 7.71. The minimum Gasteiger partial charge on any atom is -0.360 e. The van der Waals surface area contributed by atoms with Crippen LogP contribution in [0.2, 0.25) is 0 Å². The number of hydrogen-bond acceptors (Lipinski definition) is 6. The summed E-state index contributed by atoms with van der Waals surface area (Å²) in [6.45, 7) is 1.89. The number of nitrogens with one attached hydrogen (secondary N) is 1. The molecule has 7 heteroatoms. The van der Waals surface area contributed by atoms with Crippen molar-refractivity contribution in [2.75, 3.05) is 5.32 Å². The van der Waals surface area contributed by atoms with E-state index in [2.05, 4.69) is 15.5 Å². The van der Waals surface area contributed by atoms with Crippen LogP contribution in [0.15, 0.2) is 64.0 Å². The zero-order valence-corrected chi connectivity index (χ0v) is 15.6. The van der Waals surface area contributed by atoms with Gasteiger partial charge in [0.25, 0.3) is 5.91 Å². The van der Waals surface area contributed by atoms with E-state index >= 15 is 0 Å². The van der Waals surface area contributed by atoms with Crippen LogP contribution in [0.25, 0.3) is 10.2 Å². The Morgan fingerprint density at radius 2 is 2.00 bits per heavy atom. The van der Waals surface area contributed by atoms with Crippen LogP contribution in [0.5, 0.6) is 0 Å². The van der Waals surface area contributed by atoms with Crippen molar-refractivity contribution in [1.29, 1.82) is 0 Å². The van der Waals surface area contributed by atoms with Crippen LogP contribution in [0.3, 0.4) is 0 Å². The molecule has 0 spiro atoms. The Morgan fingerprint density at radius 1 is 1.19 bits per heavy atom. The molecular weight excluding hydrogens is 366 g/mol. The summed E-state index contributed by atoms with van der Waals surface area (Å²) in [7, 11) is 0. The van der Waals surface area contributed by atoms with E-state index in [4.69, 9.17) is 4.52 Å². The van der Waals surface area contributed by atoms with Crippen LogP contribution in [0.1, 0.15) is 21.8 Å². The minimum absolute atomic E-state index is 0.166. The van der Waals surface area contributed by atoms with Gasteiger partial charge in [0.15, 0.2) is 5.13 Å². The summed E-state index contributed by atoms with van der Waals surface area (Å²) < 4.78 is 6.28. The van der Waals surface area contributed by atoms with Crippen LogP contribution in [-0.4, -0.2) is 16.0 Å². The Hall–Kier alpha value is -2.64. The first-order valence-corrected chi connectivity index (χ1v) is 9.80. The molecular formula is C19H15N3O2S2. The van der Waals surface area contributed by atoms with Crippen molar-refractivity contribution in [3.63, 3.8) is 0 Å². The van der Waals surface area contributed by atoms with Gasteiger partial charge in [0.05, 0.1) is 27.2 Å². The van der Waals surface area contributed by atoms with Crippen LogP contribution in [0, 0.1) is 6.92 Å². The molecule has 1 N–H and O–H groups in total. The molecule has 0 aliphatic rings. The Bertz CT molecular complexity index is 1040. The number of nitrogens with zero attached hydrogens (tertiary/aromatic N) is 2. The van der Waals surface area contributed by atoms with Gasteiger partial charge in [-0.3, -0.25) is 10.1 Å². The topological polar surface area (TPSA) is 68.0 Å². The maximum absolute atomic E-state index is 12.7. The summed E-state index contributed by atoms with van der Waals surface area (Å²) in [5.41, 5.74) is 2.35. The summed E-state index contributed by atoms with van der Waals surface area (Å²) in [4.78, 5) is 18.1. The molecule has 26 heavy (non-hydrogen) atoms. The first kappa shape index (κ1) is 16.8. The van der Waals surface area contributed by atoms with Crippen molar-refractivity contribution in [3.05, 3.63) is 71.6 Å². The van der Waals surface area contributed by atoms with E-state index in [-0.39, 0.29) is 5.91 Å². The SMILES string of the molecule is Cc1cc(CSc2ccccc2C(=O)Nc2nc3ccccc3s2)on1. The monoisotopic (exact) mass is 381 g/mol. The van der Waals surface area contributed by atoms with Gasteiger partial charge in [0.2, 0.25) is 0 Å². The lowest BCUT2D eigenvalue weighted by atomic mass is 10.2. The number of anilines is 1. The number of benzene rings is 2.